The van der Waals surface area contributed by atoms with Gasteiger partial charge in [0.05, 0.1) is 0 Å². The average Bonchev–Trinajstić information content (AvgIpc) is 2.93. The molecule has 2 rings (SSSR count). The lowest BCUT2D eigenvalue weighted by molar-refractivity contribution is 0.234. The average molecular weight is 264 g/mol. The van der Waals surface area contributed by atoms with Crippen LogP contribution in [0.15, 0.2) is 18.2 Å². The Bertz CT molecular complexity index is 400. The highest BCUT2D eigenvalue weighted by Crippen LogP contribution is 2.24. The summed E-state index contributed by atoms with van der Waals surface area (Å²) in [4.78, 5) is 2.31. The number of nitrogens with one attached hydrogen (secondary N) is 1. The highest BCUT2D eigenvalue weighted by atomic mass is 19.1. The van der Waals surface area contributed by atoms with Gasteiger partial charge in [0, 0.05) is 24.7 Å². The van der Waals surface area contributed by atoms with Gasteiger partial charge in [-0.25, -0.2) is 4.39 Å². The molecule has 0 radical (unpaired) electrons. The van der Waals surface area contributed by atoms with Crippen LogP contribution >= 0.6 is 0 Å². The van der Waals surface area contributed by atoms with Gasteiger partial charge >= 0.3 is 0 Å². The molecule has 106 valence electrons. The Kier molecular flexibility index (Phi) is 5.34. The van der Waals surface area contributed by atoms with Crippen molar-refractivity contribution in [1.82, 2.24) is 10.2 Å². The van der Waals surface area contributed by atoms with Gasteiger partial charge in [-0.05, 0) is 38.1 Å². The molecule has 0 heterocycles. The van der Waals surface area contributed by atoms with E-state index < -0.39 is 0 Å². The van der Waals surface area contributed by atoms with Crippen LogP contribution in [0.5, 0.6) is 0 Å². The molecule has 0 atom stereocenters. The molecule has 1 N–H and O–H groups in total. The van der Waals surface area contributed by atoms with Gasteiger partial charge in [0.25, 0.3) is 0 Å². The van der Waals surface area contributed by atoms with Crippen molar-refractivity contribution in [2.24, 2.45) is 0 Å². The van der Waals surface area contributed by atoms with Crippen LogP contribution in [0.25, 0.3) is 0 Å². The lowest BCUT2D eigenvalue weighted by Gasteiger charge is -2.24. The second-order valence-corrected chi connectivity index (χ2v) is 5.56. The largest absolute Gasteiger partial charge is 0.313 e. The van der Waals surface area contributed by atoms with E-state index in [4.69, 9.17) is 0 Å². The molecular formula is C16H25FN2. The molecule has 1 saturated carbocycles. The first-order valence-electron chi connectivity index (χ1n) is 7.39. The highest BCUT2D eigenvalue weighted by molar-refractivity contribution is 5.25. The number of hydrogen-bond acceptors (Lipinski definition) is 2. The lowest BCUT2D eigenvalue weighted by atomic mass is 10.1. The predicted molar refractivity (Wildman–Crippen MR) is 77.5 cm³/mol. The molecule has 0 aromatic heterocycles. The molecule has 0 aliphatic heterocycles. The van der Waals surface area contributed by atoms with Gasteiger partial charge in [-0.15, -0.1) is 0 Å². The zero-order valence-corrected chi connectivity index (χ0v) is 12.1. The minimum atomic E-state index is -0.0786. The molecule has 1 aromatic carbocycles. The topological polar surface area (TPSA) is 15.3 Å². The summed E-state index contributed by atoms with van der Waals surface area (Å²) < 4.78 is 13.9. The normalized spacial score (nSPS) is 16.4. The van der Waals surface area contributed by atoms with Gasteiger partial charge < -0.3 is 5.32 Å². The number of hydrogen-bond donors (Lipinski definition) is 1. The quantitative estimate of drug-likeness (QED) is 0.848. The van der Waals surface area contributed by atoms with Crippen molar-refractivity contribution in [3.05, 3.63) is 35.1 Å². The summed E-state index contributed by atoms with van der Waals surface area (Å²) in [6, 6.07) is 6.11. The van der Waals surface area contributed by atoms with Crippen molar-refractivity contribution in [3.8, 4) is 0 Å². The fraction of sp³-hybridized carbons (Fsp3) is 0.625. The maximum atomic E-state index is 13.9. The van der Waals surface area contributed by atoms with E-state index in [1.807, 2.05) is 12.1 Å². The molecule has 1 aliphatic carbocycles. The number of nitrogens with zero attached hydrogens (tertiary/aromatic N) is 1. The highest BCUT2D eigenvalue weighted by Gasteiger charge is 2.20. The first kappa shape index (κ1) is 14.5. The van der Waals surface area contributed by atoms with E-state index in [9.17, 15) is 4.39 Å². The molecular weight excluding hydrogens is 239 g/mol. The lowest BCUT2D eigenvalue weighted by Crippen LogP contribution is -2.29. The number of rotatable bonds is 6. The maximum Gasteiger partial charge on any atom is 0.127 e. The van der Waals surface area contributed by atoms with Crippen LogP contribution in [0.4, 0.5) is 4.39 Å². The molecule has 1 aromatic rings. The third-order valence-corrected chi connectivity index (χ3v) is 4.06. The smallest absolute Gasteiger partial charge is 0.127 e. The molecule has 0 saturated heterocycles. The summed E-state index contributed by atoms with van der Waals surface area (Å²) in [5, 5.41) is 3.28. The van der Waals surface area contributed by atoms with E-state index in [-0.39, 0.29) is 5.82 Å². The van der Waals surface area contributed by atoms with E-state index >= 15 is 0 Å². The monoisotopic (exact) mass is 264 g/mol. The van der Waals surface area contributed by atoms with Gasteiger partial charge in [0.1, 0.15) is 5.82 Å². The Labute approximate surface area is 116 Å². The first-order valence-corrected chi connectivity index (χ1v) is 7.39. The fourth-order valence-corrected chi connectivity index (χ4v) is 2.87. The molecule has 0 spiro atoms. The van der Waals surface area contributed by atoms with Crippen LogP contribution < -0.4 is 5.32 Å². The van der Waals surface area contributed by atoms with E-state index in [0.717, 1.165) is 30.8 Å². The van der Waals surface area contributed by atoms with E-state index in [2.05, 4.69) is 24.2 Å². The fourth-order valence-electron chi connectivity index (χ4n) is 2.87. The number of benzene rings is 1. The summed E-state index contributed by atoms with van der Waals surface area (Å²) in [6.07, 6.45) is 5.15. The third kappa shape index (κ3) is 4.02. The number of halogens is 1. The summed E-state index contributed by atoms with van der Waals surface area (Å²) in [6.45, 7) is 4.56. The van der Waals surface area contributed by atoms with E-state index in [1.165, 1.54) is 25.7 Å². The van der Waals surface area contributed by atoms with Crippen molar-refractivity contribution < 1.29 is 4.39 Å². The van der Waals surface area contributed by atoms with Crippen molar-refractivity contribution in [1.29, 1.82) is 0 Å². The van der Waals surface area contributed by atoms with Crippen LogP contribution in [0, 0.1) is 5.82 Å². The van der Waals surface area contributed by atoms with Crippen molar-refractivity contribution in [3.63, 3.8) is 0 Å². The Hall–Kier alpha value is -0.930. The maximum absolute atomic E-state index is 13.9. The second-order valence-electron chi connectivity index (χ2n) is 5.56. The standard InChI is InChI=1S/C16H25FN2/c1-3-18-11-13-8-9-16(17)14(10-13)12-19(2)15-6-4-5-7-15/h8-10,15,18H,3-7,11-12H2,1-2H3. The summed E-state index contributed by atoms with van der Waals surface area (Å²) in [5.74, 6) is -0.0786. The van der Waals surface area contributed by atoms with Crippen LogP contribution in [0.2, 0.25) is 0 Å². The molecule has 3 heteroatoms. The summed E-state index contributed by atoms with van der Waals surface area (Å²) in [5.41, 5.74) is 1.99. The Morgan fingerprint density at radius 1 is 1.32 bits per heavy atom. The minimum Gasteiger partial charge on any atom is -0.313 e. The molecule has 19 heavy (non-hydrogen) atoms. The van der Waals surface area contributed by atoms with Gasteiger partial charge in [-0.1, -0.05) is 31.9 Å². The summed E-state index contributed by atoms with van der Waals surface area (Å²) in [7, 11) is 2.12. The molecule has 1 fully saturated rings. The molecule has 0 bridgehead atoms. The minimum absolute atomic E-state index is 0.0786. The Balaban J connectivity index is 2.01. The zero-order chi connectivity index (χ0) is 13.7. The van der Waals surface area contributed by atoms with Crippen molar-refractivity contribution in [2.45, 2.75) is 51.7 Å². The van der Waals surface area contributed by atoms with Crippen molar-refractivity contribution >= 4 is 0 Å². The van der Waals surface area contributed by atoms with Crippen LogP contribution in [0.3, 0.4) is 0 Å². The Morgan fingerprint density at radius 2 is 2.05 bits per heavy atom. The van der Waals surface area contributed by atoms with Gasteiger partial charge in [-0.2, -0.15) is 0 Å². The van der Waals surface area contributed by atoms with Crippen LogP contribution in [-0.4, -0.2) is 24.5 Å². The van der Waals surface area contributed by atoms with E-state index in [0.29, 0.717) is 6.04 Å². The molecule has 0 amide bonds. The van der Waals surface area contributed by atoms with Crippen LogP contribution in [-0.2, 0) is 13.1 Å². The van der Waals surface area contributed by atoms with Gasteiger partial charge in [0.2, 0.25) is 0 Å². The van der Waals surface area contributed by atoms with Crippen molar-refractivity contribution in [2.75, 3.05) is 13.6 Å². The SMILES string of the molecule is CCNCc1ccc(F)c(CN(C)C2CCCC2)c1. The van der Waals surface area contributed by atoms with Gasteiger partial charge in [-0.3, -0.25) is 4.90 Å². The van der Waals surface area contributed by atoms with Gasteiger partial charge in [0.15, 0.2) is 0 Å². The Morgan fingerprint density at radius 3 is 2.74 bits per heavy atom. The predicted octanol–water partition coefficient (Wildman–Crippen LogP) is 3.31. The molecule has 0 unspecified atom stereocenters. The zero-order valence-electron chi connectivity index (χ0n) is 12.1. The summed E-state index contributed by atoms with van der Waals surface area (Å²) >= 11 is 0. The van der Waals surface area contributed by atoms with Crippen LogP contribution in [0.1, 0.15) is 43.7 Å². The first-order chi connectivity index (χ1) is 9.20. The third-order valence-electron chi connectivity index (χ3n) is 4.06. The molecule has 2 nitrogen and oxygen atoms in total. The molecule has 1 aliphatic rings. The second kappa shape index (κ2) is 7.01. The van der Waals surface area contributed by atoms with E-state index in [1.54, 1.807) is 6.07 Å².